The van der Waals surface area contributed by atoms with E-state index in [1.165, 1.54) is 4.90 Å². The number of likely N-dealkylation sites (tertiary alicyclic amines) is 1. The Labute approximate surface area is 129 Å². The summed E-state index contributed by atoms with van der Waals surface area (Å²) >= 11 is 0. The first-order valence-electron chi connectivity index (χ1n) is 7.65. The number of piperidine rings is 1. The van der Waals surface area contributed by atoms with Crippen molar-refractivity contribution in [2.45, 2.75) is 70.8 Å². The van der Waals surface area contributed by atoms with Gasteiger partial charge in [-0.2, -0.15) is 13.2 Å². The van der Waals surface area contributed by atoms with Gasteiger partial charge in [0.05, 0.1) is 25.2 Å². The van der Waals surface area contributed by atoms with Crippen LogP contribution in [0.4, 0.5) is 18.0 Å². The smallest absolute Gasteiger partial charge is 0.410 e. The molecule has 0 aliphatic carbocycles. The number of hydrogen-bond acceptors (Lipinski definition) is 3. The standard InChI is InChI=1S/C15H26F3NO3/c1-5-14(21-10-8-15(16,17)18)7-6-9-19(11-14)12(20)22-13(2,3)4/h5-11H2,1-4H3. The molecule has 1 heterocycles. The first-order valence-corrected chi connectivity index (χ1v) is 7.65. The Bertz CT molecular complexity index is 379. The molecule has 0 aromatic heterocycles. The maximum atomic E-state index is 12.3. The molecule has 1 amide bonds. The average molecular weight is 325 g/mol. The second-order valence-electron chi connectivity index (χ2n) is 6.76. The van der Waals surface area contributed by atoms with Gasteiger partial charge in [0.2, 0.25) is 0 Å². The first-order chi connectivity index (χ1) is 9.96. The van der Waals surface area contributed by atoms with E-state index in [0.29, 0.717) is 25.8 Å². The Kier molecular flexibility index (Phi) is 6.12. The largest absolute Gasteiger partial charge is 0.444 e. The Morgan fingerprint density at radius 3 is 2.41 bits per heavy atom. The minimum absolute atomic E-state index is 0.274. The van der Waals surface area contributed by atoms with Gasteiger partial charge in [0.1, 0.15) is 5.60 Å². The number of carbonyl (C=O) groups excluding carboxylic acids is 1. The molecule has 1 saturated heterocycles. The molecular weight excluding hydrogens is 299 g/mol. The van der Waals surface area contributed by atoms with E-state index in [9.17, 15) is 18.0 Å². The fourth-order valence-corrected chi connectivity index (χ4v) is 2.47. The molecule has 0 aromatic carbocycles. The molecule has 0 bridgehead atoms. The first kappa shape index (κ1) is 19.1. The number of hydrogen-bond donors (Lipinski definition) is 0. The van der Waals surface area contributed by atoms with Gasteiger partial charge in [-0.05, 0) is 40.0 Å². The van der Waals surface area contributed by atoms with Gasteiger partial charge in [-0.1, -0.05) is 6.92 Å². The van der Waals surface area contributed by atoms with Gasteiger partial charge in [0.25, 0.3) is 0 Å². The predicted molar refractivity (Wildman–Crippen MR) is 76.7 cm³/mol. The number of halogens is 3. The van der Waals surface area contributed by atoms with Crippen LogP contribution in [-0.2, 0) is 9.47 Å². The highest BCUT2D eigenvalue weighted by atomic mass is 19.4. The lowest BCUT2D eigenvalue weighted by Gasteiger charge is -2.42. The second-order valence-corrected chi connectivity index (χ2v) is 6.76. The van der Waals surface area contributed by atoms with Gasteiger partial charge < -0.3 is 14.4 Å². The third kappa shape index (κ3) is 6.42. The van der Waals surface area contributed by atoms with Crippen molar-refractivity contribution in [3.8, 4) is 0 Å². The summed E-state index contributed by atoms with van der Waals surface area (Å²) in [5.41, 5.74) is -1.30. The summed E-state index contributed by atoms with van der Waals surface area (Å²) in [5.74, 6) is 0. The van der Waals surface area contributed by atoms with Gasteiger partial charge in [-0.3, -0.25) is 0 Å². The Morgan fingerprint density at radius 1 is 1.27 bits per heavy atom. The number of nitrogens with zero attached hydrogens (tertiary/aromatic N) is 1. The number of amides is 1. The van der Waals surface area contributed by atoms with Gasteiger partial charge in [0, 0.05) is 6.54 Å². The second kappa shape index (κ2) is 7.06. The molecule has 0 radical (unpaired) electrons. The van der Waals surface area contributed by atoms with Crippen molar-refractivity contribution in [3.05, 3.63) is 0 Å². The number of carbonyl (C=O) groups is 1. The Hall–Kier alpha value is -0.980. The van der Waals surface area contributed by atoms with Gasteiger partial charge in [0.15, 0.2) is 0 Å². The lowest BCUT2D eigenvalue weighted by molar-refractivity contribution is -0.165. The summed E-state index contributed by atoms with van der Waals surface area (Å²) in [6.45, 7) is 7.65. The van der Waals surface area contributed by atoms with E-state index in [1.807, 2.05) is 6.92 Å². The highest BCUT2D eigenvalue weighted by Gasteiger charge is 2.39. The summed E-state index contributed by atoms with van der Waals surface area (Å²) in [5, 5.41) is 0. The van der Waals surface area contributed by atoms with Crippen LogP contribution >= 0.6 is 0 Å². The van der Waals surface area contributed by atoms with Crippen LogP contribution in [0.3, 0.4) is 0 Å². The van der Waals surface area contributed by atoms with E-state index in [2.05, 4.69) is 0 Å². The zero-order valence-corrected chi connectivity index (χ0v) is 13.8. The summed E-state index contributed by atoms with van der Waals surface area (Å²) in [4.78, 5) is 13.7. The van der Waals surface area contributed by atoms with E-state index < -0.39 is 29.9 Å². The molecule has 1 rings (SSSR count). The SMILES string of the molecule is CCC1(OCCC(F)(F)F)CCCN(C(=O)OC(C)(C)C)C1. The molecule has 4 nitrogen and oxygen atoms in total. The number of rotatable bonds is 4. The molecule has 0 N–H and O–H groups in total. The third-order valence-electron chi connectivity index (χ3n) is 3.63. The number of ether oxygens (including phenoxy) is 2. The lowest BCUT2D eigenvalue weighted by Crippen LogP contribution is -2.52. The van der Waals surface area contributed by atoms with E-state index in [4.69, 9.17) is 9.47 Å². The molecule has 1 atom stereocenters. The van der Waals surface area contributed by atoms with Crippen LogP contribution in [0.2, 0.25) is 0 Å². The summed E-state index contributed by atoms with van der Waals surface area (Å²) in [6.07, 6.45) is -3.73. The molecule has 22 heavy (non-hydrogen) atoms. The minimum Gasteiger partial charge on any atom is -0.444 e. The van der Waals surface area contributed by atoms with Crippen molar-refractivity contribution in [2.75, 3.05) is 19.7 Å². The topological polar surface area (TPSA) is 38.8 Å². The molecular formula is C15H26F3NO3. The molecule has 0 spiro atoms. The van der Waals surface area contributed by atoms with Crippen LogP contribution in [0.15, 0.2) is 0 Å². The van der Waals surface area contributed by atoms with Gasteiger partial charge in [-0.25, -0.2) is 4.79 Å². The van der Waals surface area contributed by atoms with Crippen molar-refractivity contribution >= 4 is 6.09 Å². The van der Waals surface area contributed by atoms with Crippen molar-refractivity contribution in [3.63, 3.8) is 0 Å². The maximum absolute atomic E-state index is 12.3. The normalized spacial score (nSPS) is 23.5. The quantitative estimate of drug-likeness (QED) is 0.780. The van der Waals surface area contributed by atoms with E-state index in [0.717, 1.165) is 0 Å². The average Bonchev–Trinajstić information content (AvgIpc) is 2.35. The van der Waals surface area contributed by atoms with Crippen LogP contribution in [0.25, 0.3) is 0 Å². The summed E-state index contributed by atoms with van der Waals surface area (Å²) in [7, 11) is 0. The van der Waals surface area contributed by atoms with Crippen LogP contribution in [0.5, 0.6) is 0 Å². The highest BCUT2D eigenvalue weighted by Crippen LogP contribution is 2.31. The van der Waals surface area contributed by atoms with Crippen LogP contribution in [0.1, 0.15) is 53.4 Å². The molecule has 130 valence electrons. The zero-order chi connectivity index (χ0) is 17.0. The molecule has 1 unspecified atom stereocenters. The molecule has 7 heteroatoms. The number of alkyl halides is 3. The molecule has 1 fully saturated rings. The molecule has 0 aromatic rings. The molecule has 0 saturated carbocycles. The van der Waals surface area contributed by atoms with Gasteiger partial charge in [-0.15, -0.1) is 0 Å². The van der Waals surface area contributed by atoms with Crippen molar-refractivity contribution in [1.29, 1.82) is 0 Å². The third-order valence-corrected chi connectivity index (χ3v) is 3.63. The predicted octanol–water partition coefficient (Wildman–Crippen LogP) is 4.14. The van der Waals surface area contributed by atoms with Crippen molar-refractivity contribution in [2.24, 2.45) is 0 Å². The fourth-order valence-electron chi connectivity index (χ4n) is 2.47. The summed E-state index contributed by atoms with van der Waals surface area (Å²) in [6, 6.07) is 0. The molecule has 1 aliphatic rings. The zero-order valence-electron chi connectivity index (χ0n) is 13.8. The van der Waals surface area contributed by atoms with E-state index in [-0.39, 0.29) is 13.2 Å². The summed E-state index contributed by atoms with van der Waals surface area (Å²) < 4.78 is 47.7. The maximum Gasteiger partial charge on any atom is 0.410 e. The van der Waals surface area contributed by atoms with Crippen LogP contribution < -0.4 is 0 Å². The Morgan fingerprint density at radius 2 is 1.91 bits per heavy atom. The van der Waals surface area contributed by atoms with Crippen molar-refractivity contribution in [1.82, 2.24) is 4.90 Å². The van der Waals surface area contributed by atoms with Gasteiger partial charge >= 0.3 is 12.3 Å². The highest BCUT2D eigenvalue weighted by molar-refractivity contribution is 5.68. The van der Waals surface area contributed by atoms with E-state index in [1.54, 1.807) is 20.8 Å². The lowest BCUT2D eigenvalue weighted by atomic mass is 9.90. The van der Waals surface area contributed by atoms with Crippen LogP contribution in [0, 0.1) is 0 Å². The minimum atomic E-state index is -4.23. The van der Waals surface area contributed by atoms with Crippen LogP contribution in [-0.4, -0.2) is 48.1 Å². The van der Waals surface area contributed by atoms with Crippen molar-refractivity contribution < 1.29 is 27.4 Å². The monoisotopic (exact) mass is 325 g/mol. The Balaban J connectivity index is 2.62. The molecule has 1 aliphatic heterocycles. The van der Waals surface area contributed by atoms with E-state index >= 15 is 0 Å². The fraction of sp³-hybridized carbons (Fsp3) is 0.933.